The average molecular weight is 438 g/mol. The van der Waals surface area contributed by atoms with Crippen molar-refractivity contribution in [2.24, 2.45) is 0 Å². The van der Waals surface area contributed by atoms with Crippen molar-refractivity contribution >= 4 is 21.8 Å². The van der Waals surface area contributed by atoms with Gasteiger partial charge in [0.2, 0.25) is 0 Å². The Morgan fingerprint density at radius 2 is 1.80 bits per heavy atom. The van der Waals surface area contributed by atoms with Crippen molar-refractivity contribution < 1.29 is 31.5 Å². The number of amides is 2. The van der Waals surface area contributed by atoms with E-state index < -0.39 is 34.5 Å². The zero-order valence-electron chi connectivity index (χ0n) is 16.3. The van der Waals surface area contributed by atoms with E-state index in [9.17, 15) is 26.8 Å². The third-order valence-electron chi connectivity index (χ3n) is 4.53. The normalized spacial score (nSPS) is 14.9. The van der Waals surface area contributed by atoms with Crippen LogP contribution in [0.5, 0.6) is 5.75 Å². The van der Waals surface area contributed by atoms with E-state index >= 15 is 0 Å². The summed E-state index contributed by atoms with van der Waals surface area (Å²) in [6.07, 6.45) is 0.434. The molecule has 0 spiro atoms. The molecule has 1 aliphatic rings. The van der Waals surface area contributed by atoms with Crippen LogP contribution in [-0.2, 0) is 16.4 Å². The summed E-state index contributed by atoms with van der Waals surface area (Å²) in [7, 11) is -3.99. The van der Waals surface area contributed by atoms with Gasteiger partial charge < -0.3 is 10.1 Å². The minimum Gasteiger partial charge on any atom is -0.435 e. The first-order chi connectivity index (χ1) is 14.1. The summed E-state index contributed by atoms with van der Waals surface area (Å²) < 4.78 is 54.6. The van der Waals surface area contributed by atoms with Crippen molar-refractivity contribution in [2.75, 3.05) is 6.54 Å². The molecule has 1 aliphatic heterocycles. The molecule has 2 amide bonds. The third kappa shape index (κ3) is 4.28. The fraction of sp³-hybridized carbons (Fsp3) is 0.300. The number of carbonyl (C=O) groups excluding carboxylic acids is 2. The Hall–Kier alpha value is -3.01. The van der Waals surface area contributed by atoms with Gasteiger partial charge in [0.1, 0.15) is 10.6 Å². The highest BCUT2D eigenvalue weighted by Gasteiger charge is 2.42. The molecule has 0 saturated heterocycles. The molecule has 1 N–H and O–H groups in total. The van der Waals surface area contributed by atoms with Gasteiger partial charge in [-0.05, 0) is 56.2 Å². The van der Waals surface area contributed by atoms with Gasteiger partial charge in [0.05, 0.1) is 5.56 Å². The van der Waals surface area contributed by atoms with E-state index in [-0.39, 0.29) is 28.3 Å². The molecule has 0 aliphatic carbocycles. The van der Waals surface area contributed by atoms with Crippen LogP contribution in [0.2, 0.25) is 0 Å². The predicted octanol–water partition coefficient (Wildman–Crippen LogP) is 2.81. The number of hydrogen-bond donors (Lipinski definition) is 1. The topological polar surface area (TPSA) is 92.8 Å². The summed E-state index contributed by atoms with van der Waals surface area (Å²) in [6, 6.07) is 9.45. The molecule has 0 atom stereocenters. The van der Waals surface area contributed by atoms with Crippen molar-refractivity contribution in [2.45, 2.75) is 37.8 Å². The molecule has 10 heteroatoms. The zero-order valence-corrected chi connectivity index (χ0v) is 17.1. The maximum atomic E-state index is 12.6. The average Bonchev–Trinajstić information content (AvgIpc) is 2.88. The number of ether oxygens (including phenoxy) is 1. The van der Waals surface area contributed by atoms with E-state index in [1.165, 1.54) is 30.3 Å². The Labute approximate surface area is 172 Å². The van der Waals surface area contributed by atoms with Crippen LogP contribution in [0.4, 0.5) is 8.78 Å². The fourth-order valence-corrected chi connectivity index (χ4v) is 4.95. The Kier molecular flexibility index (Phi) is 6.06. The summed E-state index contributed by atoms with van der Waals surface area (Å²) in [5.74, 6) is -1.05. The number of nitrogens with one attached hydrogen (secondary N) is 1. The maximum absolute atomic E-state index is 12.6. The number of sulfonamides is 1. The van der Waals surface area contributed by atoms with Crippen LogP contribution in [0.1, 0.15) is 40.1 Å². The molecule has 7 nitrogen and oxygen atoms in total. The zero-order chi connectivity index (χ0) is 22.1. The molecule has 3 rings (SSSR count). The largest absolute Gasteiger partial charge is 0.435 e. The van der Waals surface area contributed by atoms with Gasteiger partial charge in [0, 0.05) is 18.2 Å². The van der Waals surface area contributed by atoms with Crippen molar-refractivity contribution in [3.63, 3.8) is 0 Å². The van der Waals surface area contributed by atoms with E-state index in [1.54, 1.807) is 26.0 Å². The van der Waals surface area contributed by atoms with Crippen LogP contribution in [0, 0.1) is 0 Å². The minimum atomic E-state index is -3.99. The summed E-state index contributed by atoms with van der Waals surface area (Å²) >= 11 is 0. The summed E-state index contributed by atoms with van der Waals surface area (Å²) in [5.41, 5.74) is 0.967. The van der Waals surface area contributed by atoms with Crippen LogP contribution < -0.4 is 10.1 Å². The first-order valence-electron chi connectivity index (χ1n) is 9.16. The molecule has 2 aromatic carbocycles. The highest BCUT2D eigenvalue weighted by molar-refractivity contribution is 7.90. The Bertz CT molecular complexity index is 1070. The second-order valence-electron chi connectivity index (χ2n) is 6.94. The van der Waals surface area contributed by atoms with Gasteiger partial charge >= 0.3 is 6.61 Å². The molecule has 0 aromatic heterocycles. The molecule has 0 bridgehead atoms. The second kappa shape index (κ2) is 8.39. The van der Waals surface area contributed by atoms with Gasteiger partial charge in [0.25, 0.3) is 21.8 Å². The number of fused-ring (bicyclic) bond motifs is 1. The maximum Gasteiger partial charge on any atom is 0.387 e. The molecule has 0 unspecified atom stereocenters. The highest BCUT2D eigenvalue weighted by Crippen LogP contribution is 2.32. The quantitative estimate of drug-likeness (QED) is 0.718. The lowest BCUT2D eigenvalue weighted by Gasteiger charge is -2.18. The molecular formula is C20H20F2N2O5S. The van der Waals surface area contributed by atoms with E-state index in [0.717, 1.165) is 9.87 Å². The summed E-state index contributed by atoms with van der Waals surface area (Å²) in [6.45, 7) is 0.547. The second-order valence-corrected chi connectivity index (χ2v) is 8.72. The predicted molar refractivity (Wildman–Crippen MR) is 104 cm³/mol. The molecule has 1 heterocycles. The van der Waals surface area contributed by atoms with Crippen LogP contribution >= 0.6 is 0 Å². The molecular weight excluding hydrogens is 418 g/mol. The van der Waals surface area contributed by atoms with E-state index in [2.05, 4.69) is 10.1 Å². The molecule has 2 aromatic rings. The SMILES string of the molecule is CC(C)N1C(=O)c2ccc(C(=O)NCCc3ccc(OC(F)F)cc3)cc2S1(=O)=O. The molecule has 160 valence electrons. The van der Waals surface area contributed by atoms with Gasteiger partial charge in [-0.15, -0.1) is 0 Å². The summed E-state index contributed by atoms with van der Waals surface area (Å²) in [4.78, 5) is 24.6. The van der Waals surface area contributed by atoms with Crippen LogP contribution in [0.3, 0.4) is 0 Å². The van der Waals surface area contributed by atoms with Gasteiger partial charge in [-0.3, -0.25) is 9.59 Å². The smallest absolute Gasteiger partial charge is 0.387 e. The van der Waals surface area contributed by atoms with Crippen LogP contribution in [-0.4, -0.2) is 43.7 Å². The first kappa shape index (κ1) is 21.7. The molecule has 0 fully saturated rings. The Balaban J connectivity index is 1.65. The number of rotatable bonds is 7. The van der Waals surface area contributed by atoms with Crippen molar-refractivity contribution in [3.8, 4) is 5.75 Å². The standard InChI is InChI=1S/C20H20F2N2O5S/c1-12(2)24-19(26)16-8-5-14(11-17(16)30(24,27)28)18(25)23-10-9-13-3-6-15(7-4-13)29-20(21)22/h3-8,11-12,20H,9-10H2,1-2H3,(H,23,25). The Morgan fingerprint density at radius 1 is 1.13 bits per heavy atom. The number of benzene rings is 2. The molecule has 0 saturated carbocycles. The number of nitrogens with zero attached hydrogens (tertiary/aromatic N) is 1. The van der Waals surface area contributed by atoms with Crippen LogP contribution in [0.25, 0.3) is 0 Å². The fourth-order valence-electron chi connectivity index (χ4n) is 3.16. The van der Waals surface area contributed by atoms with Crippen molar-refractivity contribution in [1.82, 2.24) is 9.62 Å². The summed E-state index contributed by atoms with van der Waals surface area (Å²) in [5, 5.41) is 2.67. The lowest BCUT2D eigenvalue weighted by atomic mass is 10.1. The van der Waals surface area contributed by atoms with Crippen LogP contribution in [0.15, 0.2) is 47.4 Å². The van der Waals surface area contributed by atoms with Crippen molar-refractivity contribution in [1.29, 1.82) is 0 Å². The van der Waals surface area contributed by atoms with E-state index in [0.29, 0.717) is 6.42 Å². The Morgan fingerprint density at radius 3 is 2.40 bits per heavy atom. The van der Waals surface area contributed by atoms with Crippen molar-refractivity contribution in [3.05, 3.63) is 59.2 Å². The third-order valence-corrected chi connectivity index (χ3v) is 6.53. The van der Waals surface area contributed by atoms with Gasteiger partial charge in [-0.2, -0.15) is 8.78 Å². The number of hydrogen-bond acceptors (Lipinski definition) is 5. The first-order valence-corrected chi connectivity index (χ1v) is 10.6. The van der Waals surface area contributed by atoms with Gasteiger partial charge in [-0.1, -0.05) is 12.1 Å². The minimum absolute atomic E-state index is 0.0436. The lowest BCUT2D eigenvalue weighted by Crippen LogP contribution is -2.36. The monoisotopic (exact) mass is 438 g/mol. The number of halogens is 2. The van der Waals surface area contributed by atoms with Gasteiger partial charge in [0.15, 0.2) is 0 Å². The number of carbonyl (C=O) groups is 2. The highest BCUT2D eigenvalue weighted by atomic mass is 32.2. The molecule has 0 radical (unpaired) electrons. The van der Waals surface area contributed by atoms with Gasteiger partial charge in [-0.25, -0.2) is 12.7 Å². The number of alkyl halides is 2. The molecule has 30 heavy (non-hydrogen) atoms. The van der Waals surface area contributed by atoms with E-state index in [1.807, 2.05) is 0 Å². The van der Waals surface area contributed by atoms with E-state index in [4.69, 9.17) is 0 Å². The lowest BCUT2D eigenvalue weighted by molar-refractivity contribution is -0.0498.